The van der Waals surface area contributed by atoms with Crippen molar-refractivity contribution in [1.82, 2.24) is 4.90 Å². The van der Waals surface area contributed by atoms with Crippen molar-refractivity contribution in [2.75, 3.05) is 18.4 Å². The number of carbonyl (C=O) groups is 1. The van der Waals surface area contributed by atoms with Crippen LogP contribution < -0.4 is 0 Å². The number of hydrogen-bond donors (Lipinski definition) is 0. The Balaban J connectivity index is 2.04. The molecule has 0 aromatic heterocycles. The molecule has 2 rings (SSSR count). The topological polar surface area (TPSA) is 29.5 Å². The maximum absolute atomic E-state index is 12.5. The molecule has 20 heavy (non-hydrogen) atoms. The lowest BCUT2D eigenvalue weighted by Crippen LogP contribution is -2.55. The summed E-state index contributed by atoms with van der Waals surface area (Å²) >= 11 is 6.88. The fraction of sp³-hybridized carbons (Fsp3) is 0.533. The summed E-state index contributed by atoms with van der Waals surface area (Å²) in [5.41, 5.74) is 0.743. The number of morpholine rings is 1. The number of halogens is 2. The maximum atomic E-state index is 12.5. The van der Waals surface area contributed by atoms with Gasteiger partial charge in [-0.25, -0.2) is 0 Å². The van der Waals surface area contributed by atoms with Gasteiger partial charge in [0.15, 0.2) is 0 Å². The van der Waals surface area contributed by atoms with Gasteiger partial charge in [0.05, 0.1) is 18.1 Å². The second kappa shape index (κ2) is 6.58. The molecule has 0 radical (unpaired) electrons. The van der Waals surface area contributed by atoms with Crippen molar-refractivity contribution in [2.45, 2.75) is 32.0 Å². The van der Waals surface area contributed by atoms with Gasteiger partial charge in [-0.15, -0.1) is 0 Å². The third-order valence-corrected chi connectivity index (χ3v) is 4.47. The van der Waals surface area contributed by atoms with Crippen LogP contribution in [0.4, 0.5) is 0 Å². The Morgan fingerprint density at radius 3 is 2.90 bits per heavy atom. The zero-order chi connectivity index (χ0) is 14.8. The van der Waals surface area contributed by atoms with Crippen LogP contribution in [0.5, 0.6) is 0 Å². The van der Waals surface area contributed by atoms with E-state index in [0.29, 0.717) is 19.5 Å². The van der Waals surface area contributed by atoms with Crippen LogP contribution in [-0.4, -0.2) is 40.9 Å². The summed E-state index contributed by atoms with van der Waals surface area (Å²) in [7, 11) is 0. The molecule has 1 amide bonds. The summed E-state index contributed by atoms with van der Waals surface area (Å²) in [6.07, 6.45) is 0.495. The summed E-state index contributed by atoms with van der Waals surface area (Å²) in [5, 5.41) is 0.747. The molecule has 5 heteroatoms. The normalized spacial score (nSPS) is 21.8. The van der Waals surface area contributed by atoms with Crippen LogP contribution in [0.1, 0.15) is 19.4 Å². The highest BCUT2D eigenvalue weighted by Crippen LogP contribution is 2.23. The first kappa shape index (κ1) is 16.0. The quantitative estimate of drug-likeness (QED) is 0.722. The lowest BCUT2D eigenvalue weighted by molar-refractivity contribution is -0.156. The molecule has 1 saturated heterocycles. The van der Waals surface area contributed by atoms with Crippen molar-refractivity contribution >= 4 is 37.8 Å². The van der Waals surface area contributed by atoms with Gasteiger partial charge in [-0.2, -0.15) is 0 Å². The van der Waals surface area contributed by atoms with Gasteiger partial charge in [-0.05, 0) is 31.5 Å². The number of nitrogens with zero attached hydrogens (tertiary/aromatic N) is 1. The average Bonchev–Trinajstić information content (AvgIpc) is 2.36. The van der Waals surface area contributed by atoms with E-state index in [1.807, 2.05) is 43.0 Å². The number of benzene rings is 1. The predicted molar refractivity (Wildman–Crippen MR) is 87.2 cm³/mol. The minimum Gasteiger partial charge on any atom is -0.368 e. The molecule has 1 fully saturated rings. The molecule has 1 aliphatic rings. The average molecular weight is 405 g/mol. The summed E-state index contributed by atoms with van der Waals surface area (Å²) in [6.45, 7) is 5.35. The SMILES string of the molecule is CC1(C)CN(C(=O)Cc2cccc(Br)c2)CC(CBr)O1. The summed E-state index contributed by atoms with van der Waals surface area (Å²) < 4.78 is 6.93. The van der Waals surface area contributed by atoms with Gasteiger partial charge >= 0.3 is 0 Å². The standard InChI is InChI=1S/C15H19Br2NO2/c1-15(2)10-18(9-13(8-16)20-15)14(19)7-11-4-3-5-12(17)6-11/h3-6,13H,7-10H2,1-2H3. The maximum Gasteiger partial charge on any atom is 0.227 e. The molecular weight excluding hydrogens is 386 g/mol. The van der Waals surface area contributed by atoms with Crippen LogP contribution in [0.3, 0.4) is 0 Å². The number of alkyl halides is 1. The second-order valence-corrected chi connectivity index (χ2v) is 7.30. The number of carbonyl (C=O) groups excluding carboxylic acids is 1. The first-order chi connectivity index (χ1) is 9.39. The Morgan fingerprint density at radius 1 is 1.50 bits per heavy atom. The van der Waals surface area contributed by atoms with Gasteiger partial charge in [-0.3, -0.25) is 4.79 Å². The predicted octanol–water partition coefficient (Wildman–Crippen LogP) is 3.39. The van der Waals surface area contributed by atoms with Gasteiger partial charge in [0, 0.05) is 22.9 Å². The van der Waals surface area contributed by atoms with E-state index in [-0.39, 0.29) is 17.6 Å². The molecule has 1 aromatic carbocycles. The molecule has 1 aromatic rings. The van der Waals surface area contributed by atoms with Crippen LogP contribution in [0.15, 0.2) is 28.7 Å². The lowest BCUT2D eigenvalue weighted by Gasteiger charge is -2.42. The highest BCUT2D eigenvalue weighted by molar-refractivity contribution is 9.10. The molecule has 1 atom stereocenters. The van der Waals surface area contributed by atoms with E-state index in [9.17, 15) is 4.79 Å². The zero-order valence-corrected chi connectivity index (χ0v) is 14.9. The minimum atomic E-state index is -0.288. The van der Waals surface area contributed by atoms with Crippen molar-refractivity contribution in [3.05, 3.63) is 34.3 Å². The Kier molecular flexibility index (Phi) is 5.26. The van der Waals surface area contributed by atoms with Crippen LogP contribution in [0.25, 0.3) is 0 Å². The number of amides is 1. The number of ether oxygens (including phenoxy) is 1. The molecule has 0 N–H and O–H groups in total. The van der Waals surface area contributed by atoms with Crippen molar-refractivity contribution in [3.8, 4) is 0 Å². The molecule has 0 aliphatic carbocycles. The third kappa shape index (κ3) is 4.30. The Morgan fingerprint density at radius 2 is 2.25 bits per heavy atom. The molecule has 3 nitrogen and oxygen atoms in total. The second-order valence-electron chi connectivity index (χ2n) is 5.73. The highest BCUT2D eigenvalue weighted by Gasteiger charge is 2.34. The van der Waals surface area contributed by atoms with Crippen LogP contribution in [0, 0.1) is 0 Å². The van der Waals surface area contributed by atoms with Crippen molar-refractivity contribution < 1.29 is 9.53 Å². The van der Waals surface area contributed by atoms with Gasteiger partial charge in [0.2, 0.25) is 5.91 Å². The van der Waals surface area contributed by atoms with E-state index >= 15 is 0 Å². The van der Waals surface area contributed by atoms with E-state index in [0.717, 1.165) is 15.4 Å². The van der Waals surface area contributed by atoms with E-state index in [2.05, 4.69) is 31.9 Å². The van der Waals surface area contributed by atoms with Gasteiger partial charge in [-0.1, -0.05) is 44.0 Å². The lowest BCUT2D eigenvalue weighted by atomic mass is 10.0. The first-order valence-electron chi connectivity index (χ1n) is 6.65. The molecule has 0 bridgehead atoms. The monoisotopic (exact) mass is 403 g/mol. The minimum absolute atomic E-state index is 0.0604. The van der Waals surface area contributed by atoms with Crippen LogP contribution >= 0.6 is 31.9 Å². The largest absolute Gasteiger partial charge is 0.368 e. The fourth-order valence-corrected chi connectivity index (χ4v) is 3.28. The molecule has 110 valence electrons. The van der Waals surface area contributed by atoms with Gasteiger partial charge in [0.1, 0.15) is 0 Å². The number of hydrogen-bond acceptors (Lipinski definition) is 2. The highest BCUT2D eigenvalue weighted by atomic mass is 79.9. The van der Waals surface area contributed by atoms with Gasteiger partial charge < -0.3 is 9.64 Å². The van der Waals surface area contributed by atoms with E-state index in [4.69, 9.17) is 4.74 Å². The third-order valence-electron chi connectivity index (χ3n) is 3.25. The van der Waals surface area contributed by atoms with Crippen LogP contribution in [0.2, 0.25) is 0 Å². The van der Waals surface area contributed by atoms with Crippen molar-refractivity contribution in [1.29, 1.82) is 0 Å². The Hall–Kier alpha value is -0.390. The molecular formula is C15H19Br2NO2. The van der Waals surface area contributed by atoms with E-state index < -0.39 is 0 Å². The van der Waals surface area contributed by atoms with E-state index in [1.54, 1.807) is 0 Å². The molecule has 0 spiro atoms. The van der Waals surface area contributed by atoms with Crippen molar-refractivity contribution in [2.24, 2.45) is 0 Å². The Labute approximate surface area is 136 Å². The van der Waals surface area contributed by atoms with Crippen molar-refractivity contribution in [3.63, 3.8) is 0 Å². The molecule has 1 unspecified atom stereocenters. The summed E-state index contributed by atoms with van der Waals surface area (Å²) in [6, 6.07) is 7.89. The Bertz CT molecular complexity index is 491. The van der Waals surface area contributed by atoms with Gasteiger partial charge in [0.25, 0.3) is 0 Å². The van der Waals surface area contributed by atoms with Crippen LogP contribution in [-0.2, 0) is 16.0 Å². The summed E-state index contributed by atoms with van der Waals surface area (Å²) in [4.78, 5) is 14.4. The molecule has 1 aliphatic heterocycles. The molecule has 1 heterocycles. The first-order valence-corrected chi connectivity index (χ1v) is 8.57. The fourth-order valence-electron chi connectivity index (χ4n) is 2.50. The van der Waals surface area contributed by atoms with E-state index in [1.165, 1.54) is 0 Å². The smallest absolute Gasteiger partial charge is 0.227 e. The molecule has 0 saturated carbocycles. The zero-order valence-electron chi connectivity index (χ0n) is 11.7. The number of rotatable bonds is 3. The summed E-state index contributed by atoms with van der Waals surface area (Å²) in [5.74, 6) is 0.158.